The van der Waals surface area contributed by atoms with Gasteiger partial charge in [-0.05, 0) is 17.7 Å². The predicted octanol–water partition coefficient (Wildman–Crippen LogP) is 2.10. The van der Waals surface area contributed by atoms with E-state index in [0.717, 1.165) is 4.57 Å². The summed E-state index contributed by atoms with van der Waals surface area (Å²) in [7, 11) is 0. The van der Waals surface area contributed by atoms with Crippen molar-refractivity contribution in [3.63, 3.8) is 0 Å². The number of aromatic nitrogens is 4. The van der Waals surface area contributed by atoms with Gasteiger partial charge in [0, 0.05) is 6.42 Å². The van der Waals surface area contributed by atoms with Gasteiger partial charge in [-0.3, -0.25) is 9.09 Å². The Morgan fingerprint density at radius 2 is 1.80 bits per heavy atom. The van der Waals surface area contributed by atoms with Gasteiger partial charge in [-0.2, -0.15) is 18.2 Å². The van der Waals surface area contributed by atoms with E-state index < -0.39 is 30.0 Å². The SMILES string of the molecule is O=c1onc(Cc2ccc(F)cc2)n1Cc1nc(CC(F)(F)F)no1. The lowest BCUT2D eigenvalue weighted by molar-refractivity contribution is -0.128. The molecule has 0 unspecified atom stereocenters. The summed E-state index contributed by atoms with van der Waals surface area (Å²) < 4.78 is 60.1. The Labute approximate surface area is 136 Å². The van der Waals surface area contributed by atoms with Crippen molar-refractivity contribution in [2.24, 2.45) is 0 Å². The summed E-state index contributed by atoms with van der Waals surface area (Å²) >= 11 is 0. The van der Waals surface area contributed by atoms with Crippen LogP contribution in [0.1, 0.15) is 23.1 Å². The second kappa shape index (κ2) is 6.49. The van der Waals surface area contributed by atoms with Gasteiger partial charge in [0.2, 0.25) is 5.89 Å². The fraction of sp³-hybridized carbons (Fsp3) is 0.286. The first kappa shape index (κ1) is 16.9. The molecule has 7 nitrogen and oxygen atoms in total. The first-order chi connectivity index (χ1) is 11.8. The molecule has 0 aliphatic heterocycles. The van der Waals surface area contributed by atoms with E-state index in [1.165, 1.54) is 24.3 Å². The molecule has 3 aromatic rings. The molecule has 25 heavy (non-hydrogen) atoms. The molecule has 132 valence electrons. The maximum absolute atomic E-state index is 12.9. The molecule has 11 heteroatoms. The Morgan fingerprint density at radius 3 is 2.48 bits per heavy atom. The Morgan fingerprint density at radius 1 is 1.08 bits per heavy atom. The summed E-state index contributed by atoms with van der Waals surface area (Å²) in [6.45, 7) is -0.288. The Balaban J connectivity index is 1.78. The Bertz CT molecular complexity index is 911. The molecule has 0 saturated carbocycles. The smallest absolute Gasteiger partial charge is 0.337 e. The molecule has 0 amide bonds. The molecular weight excluding hydrogens is 348 g/mol. The first-order valence-corrected chi connectivity index (χ1v) is 6.98. The van der Waals surface area contributed by atoms with Gasteiger partial charge < -0.3 is 4.52 Å². The van der Waals surface area contributed by atoms with Crippen LogP contribution in [0, 0.1) is 5.82 Å². The quantitative estimate of drug-likeness (QED) is 0.649. The van der Waals surface area contributed by atoms with Gasteiger partial charge in [0.05, 0.1) is 0 Å². The van der Waals surface area contributed by atoms with Crippen molar-refractivity contribution >= 4 is 0 Å². The zero-order valence-electron chi connectivity index (χ0n) is 12.5. The highest BCUT2D eigenvalue weighted by Crippen LogP contribution is 2.19. The number of rotatable bonds is 5. The van der Waals surface area contributed by atoms with Gasteiger partial charge in [-0.15, -0.1) is 0 Å². The van der Waals surface area contributed by atoms with Gasteiger partial charge in [0.15, 0.2) is 11.6 Å². The highest BCUT2D eigenvalue weighted by molar-refractivity contribution is 5.19. The molecule has 0 saturated heterocycles. The predicted molar refractivity (Wildman–Crippen MR) is 73.1 cm³/mol. The third kappa shape index (κ3) is 4.31. The van der Waals surface area contributed by atoms with Crippen LogP contribution >= 0.6 is 0 Å². The van der Waals surface area contributed by atoms with Crippen LogP contribution in [0.2, 0.25) is 0 Å². The van der Waals surface area contributed by atoms with E-state index in [0.29, 0.717) is 5.56 Å². The van der Waals surface area contributed by atoms with Gasteiger partial charge in [0.1, 0.15) is 18.8 Å². The lowest BCUT2D eigenvalue weighted by Crippen LogP contribution is -2.18. The molecule has 0 spiro atoms. The minimum absolute atomic E-state index is 0.148. The fourth-order valence-electron chi connectivity index (χ4n) is 2.10. The van der Waals surface area contributed by atoms with Gasteiger partial charge in [0.25, 0.3) is 0 Å². The number of nitrogens with zero attached hydrogens (tertiary/aromatic N) is 4. The normalized spacial score (nSPS) is 11.8. The minimum atomic E-state index is -4.47. The lowest BCUT2D eigenvalue weighted by atomic mass is 10.1. The topological polar surface area (TPSA) is 87.0 Å². The van der Waals surface area contributed by atoms with E-state index in [-0.39, 0.29) is 24.7 Å². The van der Waals surface area contributed by atoms with E-state index >= 15 is 0 Å². The summed E-state index contributed by atoms with van der Waals surface area (Å²) in [4.78, 5) is 15.3. The molecule has 0 radical (unpaired) electrons. The molecule has 2 aromatic heterocycles. The molecule has 1 aromatic carbocycles. The van der Waals surface area contributed by atoms with E-state index in [2.05, 4.69) is 19.8 Å². The van der Waals surface area contributed by atoms with Gasteiger partial charge in [-0.25, -0.2) is 9.18 Å². The maximum Gasteiger partial charge on any atom is 0.442 e. The lowest BCUT2D eigenvalue weighted by Gasteiger charge is -2.02. The standard InChI is InChI=1S/C14H10F4N4O3/c15-9-3-1-8(2-4-9)5-11-21-25-13(23)22(11)7-12-19-10(20-24-12)6-14(16,17)18/h1-4H,5-7H2. The monoisotopic (exact) mass is 358 g/mol. The molecular formula is C14H10F4N4O3. The average molecular weight is 358 g/mol. The van der Waals surface area contributed by atoms with E-state index in [1.54, 1.807) is 0 Å². The second-order valence-electron chi connectivity index (χ2n) is 5.15. The van der Waals surface area contributed by atoms with Crippen LogP contribution in [0.5, 0.6) is 0 Å². The summed E-state index contributed by atoms with van der Waals surface area (Å²) in [5, 5.41) is 6.83. The average Bonchev–Trinajstić information content (AvgIpc) is 3.09. The van der Waals surface area contributed by atoms with Crippen molar-refractivity contribution in [3.05, 3.63) is 63.7 Å². The summed E-state index contributed by atoms with van der Waals surface area (Å²) in [5.41, 5.74) is 0.659. The summed E-state index contributed by atoms with van der Waals surface area (Å²) in [5.74, 6) is -1.78. The molecule has 0 bridgehead atoms. The third-order valence-electron chi connectivity index (χ3n) is 3.20. The van der Waals surface area contributed by atoms with Crippen molar-refractivity contribution in [3.8, 4) is 0 Å². The van der Waals surface area contributed by atoms with Crippen LogP contribution in [-0.4, -0.2) is 26.0 Å². The molecule has 0 aliphatic carbocycles. The molecule has 3 rings (SSSR count). The van der Waals surface area contributed by atoms with Crippen LogP contribution in [-0.2, 0) is 19.4 Å². The van der Waals surface area contributed by atoms with Crippen molar-refractivity contribution in [1.82, 2.24) is 19.9 Å². The van der Waals surface area contributed by atoms with Crippen LogP contribution < -0.4 is 5.76 Å². The van der Waals surface area contributed by atoms with E-state index in [9.17, 15) is 22.4 Å². The Kier molecular flexibility index (Phi) is 4.38. The molecule has 2 heterocycles. The van der Waals surface area contributed by atoms with E-state index in [4.69, 9.17) is 4.52 Å². The van der Waals surface area contributed by atoms with E-state index in [1.807, 2.05) is 0 Å². The number of halogens is 4. The second-order valence-corrected chi connectivity index (χ2v) is 5.15. The molecule has 0 fully saturated rings. The summed E-state index contributed by atoms with van der Waals surface area (Å²) in [6.07, 6.45) is -5.66. The zero-order chi connectivity index (χ0) is 18.0. The number of alkyl halides is 3. The number of hydrogen-bond acceptors (Lipinski definition) is 6. The first-order valence-electron chi connectivity index (χ1n) is 6.98. The summed E-state index contributed by atoms with van der Waals surface area (Å²) in [6, 6.07) is 5.51. The third-order valence-corrected chi connectivity index (χ3v) is 3.20. The zero-order valence-corrected chi connectivity index (χ0v) is 12.5. The van der Waals surface area contributed by atoms with Crippen LogP contribution in [0.4, 0.5) is 17.6 Å². The van der Waals surface area contributed by atoms with Crippen LogP contribution in [0.25, 0.3) is 0 Å². The number of hydrogen-bond donors (Lipinski definition) is 0. The molecule has 0 atom stereocenters. The largest absolute Gasteiger partial charge is 0.442 e. The van der Waals surface area contributed by atoms with Crippen LogP contribution in [0.3, 0.4) is 0 Å². The van der Waals surface area contributed by atoms with Crippen molar-refractivity contribution < 1.29 is 26.6 Å². The van der Waals surface area contributed by atoms with Crippen molar-refractivity contribution in [1.29, 1.82) is 0 Å². The fourth-order valence-corrected chi connectivity index (χ4v) is 2.10. The highest BCUT2D eigenvalue weighted by Gasteiger charge is 2.30. The maximum atomic E-state index is 12.9. The highest BCUT2D eigenvalue weighted by atomic mass is 19.4. The van der Waals surface area contributed by atoms with Crippen molar-refractivity contribution in [2.45, 2.75) is 25.6 Å². The minimum Gasteiger partial charge on any atom is -0.337 e. The number of benzene rings is 1. The van der Waals surface area contributed by atoms with Gasteiger partial charge in [-0.1, -0.05) is 22.4 Å². The van der Waals surface area contributed by atoms with Crippen molar-refractivity contribution in [2.75, 3.05) is 0 Å². The molecule has 0 aliphatic rings. The van der Waals surface area contributed by atoms with Gasteiger partial charge >= 0.3 is 11.9 Å². The molecule has 0 N–H and O–H groups in total. The van der Waals surface area contributed by atoms with Crippen LogP contribution in [0.15, 0.2) is 38.1 Å². The Hall–Kier alpha value is -2.98.